The number of benzene rings is 1. The van der Waals surface area contributed by atoms with Gasteiger partial charge in [-0.05, 0) is 30.4 Å². The van der Waals surface area contributed by atoms with E-state index in [0.29, 0.717) is 11.6 Å². The first kappa shape index (κ1) is 9.46. The van der Waals surface area contributed by atoms with Crippen LogP contribution in [0.25, 0.3) is 11.3 Å². The summed E-state index contributed by atoms with van der Waals surface area (Å²) in [6.07, 6.45) is 5.07. The van der Waals surface area contributed by atoms with Crippen LogP contribution in [0.4, 0.5) is 4.39 Å². The quantitative estimate of drug-likeness (QED) is 0.767. The minimum atomic E-state index is -0.365. The maximum Gasteiger partial charge on any atom is 0.167 e. The molecule has 0 atom stereocenters. The van der Waals surface area contributed by atoms with Crippen molar-refractivity contribution in [3.63, 3.8) is 0 Å². The highest BCUT2D eigenvalue weighted by Gasteiger charge is 2.23. The van der Waals surface area contributed by atoms with Crippen molar-refractivity contribution in [1.82, 2.24) is 9.97 Å². The predicted molar refractivity (Wildman–Crippen MR) is 59.4 cm³/mol. The Morgan fingerprint density at radius 3 is 2.88 bits per heavy atom. The van der Waals surface area contributed by atoms with Gasteiger partial charge in [0.25, 0.3) is 0 Å². The Hall–Kier alpha value is -1.77. The van der Waals surface area contributed by atoms with Gasteiger partial charge in [0.15, 0.2) is 5.82 Å². The van der Waals surface area contributed by atoms with Gasteiger partial charge in [-0.2, -0.15) is 0 Å². The molecule has 0 N–H and O–H groups in total. The Morgan fingerprint density at radius 2 is 2.12 bits per heavy atom. The van der Waals surface area contributed by atoms with Gasteiger partial charge in [0.2, 0.25) is 0 Å². The lowest BCUT2D eigenvalue weighted by molar-refractivity contribution is 0.618. The summed E-state index contributed by atoms with van der Waals surface area (Å²) >= 11 is 0. The van der Waals surface area contributed by atoms with Crippen molar-refractivity contribution in [3.8, 4) is 11.3 Å². The molecule has 0 unspecified atom stereocenters. The largest absolute Gasteiger partial charge is 0.242 e. The lowest BCUT2D eigenvalue weighted by Gasteiger charge is -2.04. The molecular weight excluding hydrogens is 203 g/mol. The molecule has 0 spiro atoms. The zero-order chi connectivity index (χ0) is 11.0. The van der Waals surface area contributed by atoms with Crippen LogP contribution in [0.5, 0.6) is 0 Å². The van der Waals surface area contributed by atoms with Gasteiger partial charge < -0.3 is 0 Å². The molecule has 1 saturated carbocycles. The van der Waals surface area contributed by atoms with E-state index in [-0.39, 0.29) is 5.82 Å². The molecule has 16 heavy (non-hydrogen) atoms. The number of rotatable bonds is 2. The second-order valence-corrected chi connectivity index (χ2v) is 4.12. The van der Waals surface area contributed by atoms with E-state index in [1.165, 1.54) is 30.9 Å². The van der Waals surface area contributed by atoms with E-state index in [4.69, 9.17) is 0 Å². The van der Waals surface area contributed by atoms with E-state index >= 15 is 0 Å². The molecule has 1 aromatic heterocycles. The number of aromatic nitrogens is 2. The molecule has 0 saturated heterocycles. The Bertz CT molecular complexity index is 521. The molecule has 0 radical (unpaired) electrons. The summed E-state index contributed by atoms with van der Waals surface area (Å²) in [5.74, 6) is 0.306. The molecule has 2 nitrogen and oxygen atoms in total. The molecule has 1 fully saturated rings. The van der Waals surface area contributed by atoms with Crippen LogP contribution in [-0.4, -0.2) is 9.97 Å². The second-order valence-electron chi connectivity index (χ2n) is 4.12. The van der Waals surface area contributed by atoms with E-state index in [1.54, 1.807) is 0 Å². The summed E-state index contributed by atoms with van der Waals surface area (Å²) in [4.78, 5) is 7.64. The summed E-state index contributed by atoms with van der Waals surface area (Å²) < 4.78 is 13.5. The molecule has 0 aliphatic heterocycles. The average molecular weight is 214 g/mol. The predicted octanol–water partition coefficient (Wildman–Crippen LogP) is 3.16. The van der Waals surface area contributed by atoms with E-state index in [9.17, 15) is 4.39 Å². The van der Waals surface area contributed by atoms with E-state index in [2.05, 4.69) is 16.0 Å². The van der Waals surface area contributed by atoms with Gasteiger partial charge in [0.05, 0.1) is 6.20 Å². The zero-order valence-corrected chi connectivity index (χ0v) is 8.73. The van der Waals surface area contributed by atoms with Crippen LogP contribution in [0.3, 0.4) is 0 Å². The highest BCUT2D eigenvalue weighted by atomic mass is 19.1. The number of hydrogen-bond donors (Lipinski definition) is 0. The van der Waals surface area contributed by atoms with Crippen molar-refractivity contribution >= 4 is 0 Å². The summed E-state index contributed by atoms with van der Waals surface area (Å²) in [5, 5.41) is 0. The van der Waals surface area contributed by atoms with Crippen LogP contribution in [0, 0.1) is 5.82 Å². The second kappa shape index (κ2) is 3.67. The van der Waals surface area contributed by atoms with Crippen molar-refractivity contribution in [2.24, 2.45) is 0 Å². The van der Waals surface area contributed by atoms with Gasteiger partial charge in [-0.3, -0.25) is 0 Å². The molecule has 0 amide bonds. The Kier molecular flexibility index (Phi) is 2.17. The Morgan fingerprint density at radius 1 is 1.25 bits per heavy atom. The van der Waals surface area contributed by atoms with E-state index in [1.807, 2.05) is 18.2 Å². The first-order valence-corrected chi connectivity index (χ1v) is 5.40. The number of halogens is 1. The summed E-state index contributed by atoms with van der Waals surface area (Å²) in [6, 6.07) is 7.98. The van der Waals surface area contributed by atoms with Crippen LogP contribution in [0.2, 0.25) is 0 Å². The molecule has 80 valence electrons. The molecule has 2 aromatic rings. The minimum Gasteiger partial charge on any atom is -0.242 e. The Labute approximate surface area is 93.2 Å². The SMILES string of the molecule is Fc1cncnc1-c1cccc(C2CC2)c1. The fourth-order valence-electron chi connectivity index (χ4n) is 1.88. The molecule has 1 aliphatic carbocycles. The molecule has 3 rings (SSSR count). The van der Waals surface area contributed by atoms with Gasteiger partial charge >= 0.3 is 0 Å². The van der Waals surface area contributed by atoms with Gasteiger partial charge in [0, 0.05) is 5.56 Å². The van der Waals surface area contributed by atoms with Crippen LogP contribution in [-0.2, 0) is 0 Å². The zero-order valence-electron chi connectivity index (χ0n) is 8.73. The Balaban J connectivity index is 2.05. The minimum absolute atomic E-state index is 0.365. The summed E-state index contributed by atoms with van der Waals surface area (Å²) in [5.41, 5.74) is 2.51. The normalized spacial score (nSPS) is 15.1. The lowest BCUT2D eigenvalue weighted by Crippen LogP contribution is -1.91. The van der Waals surface area contributed by atoms with Crippen molar-refractivity contribution in [3.05, 3.63) is 48.2 Å². The molecule has 1 heterocycles. The first-order chi connectivity index (χ1) is 7.84. The molecule has 3 heteroatoms. The van der Waals surface area contributed by atoms with Gasteiger partial charge in [-0.1, -0.05) is 18.2 Å². The molecule has 0 bridgehead atoms. The fraction of sp³-hybridized carbons (Fsp3) is 0.231. The van der Waals surface area contributed by atoms with E-state index < -0.39 is 0 Å². The standard InChI is InChI=1S/C13H11FN2/c14-12-7-15-8-16-13(12)11-3-1-2-10(6-11)9-4-5-9/h1-3,6-9H,4-5H2. The highest BCUT2D eigenvalue weighted by molar-refractivity contribution is 5.60. The van der Waals surface area contributed by atoms with E-state index in [0.717, 1.165) is 5.56 Å². The smallest absolute Gasteiger partial charge is 0.167 e. The summed E-state index contributed by atoms with van der Waals surface area (Å²) in [6.45, 7) is 0. The third-order valence-electron chi connectivity index (χ3n) is 2.88. The topological polar surface area (TPSA) is 25.8 Å². The lowest BCUT2D eigenvalue weighted by atomic mass is 10.0. The van der Waals surface area contributed by atoms with Crippen molar-refractivity contribution in [1.29, 1.82) is 0 Å². The fourth-order valence-corrected chi connectivity index (χ4v) is 1.88. The summed E-state index contributed by atoms with van der Waals surface area (Å²) in [7, 11) is 0. The number of hydrogen-bond acceptors (Lipinski definition) is 2. The van der Waals surface area contributed by atoms with Crippen molar-refractivity contribution < 1.29 is 4.39 Å². The maximum atomic E-state index is 13.5. The van der Waals surface area contributed by atoms with Gasteiger partial charge in [-0.25, -0.2) is 14.4 Å². The monoisotopic (exact) mass is 214 g/mol. The van der Waals surface area contributed by atoms with Crippen LogP contribution in [0.15, 0.2) is 36.8 Å². The van der Waals surface area contributed by atoms with Crippen LogP contribution in [0.1, 0.15) is 24.3 Å². The highest BCUT2D eigenvalue weighted by Crippen LogP contribution is 2.41. The third-order valence-corrected chi connectivity index (χ3v) is 2.88. The van der Waals surface area contributed by atoms with Crippen molar-refractivity contribution in [2.75, 3.05) is 0 Å². The molecular formula is C13H11FN2. The van der Waals surface area contributed by atoms with Gasteiger partial charge in [-0.15, -0.1) is 0 Å². The average Bonchev–Trinajstić information content (AvgIpc) is 3.14. The van der Waals surface area contributed by atoms with Gasteiger partial charge in [0.1, 0.15) is 12.0 Å². The number of nitrogens with zero attached hydrogens (tertiary/aromatic N) is 2. The molecule has 1 aliphatic rings. The van der Waals surface area contributed by atoms with Crippen LogP contribution >= 0.6 is 0 Å². The first-order valence-electron chi connectivity index (χ1n) is 5.40. The molecule has 1 aromatic carbocycles. The van der Waals surface area contributed by atoms with Crippen LogP contribution < -0.4 is 0 Å². The maximum absolute atomic E-state index is 13.5. The third kappa shape index (κ3) is 1.69. The van der Waals surface area contributed by atoms with Crippen molar-refractivity contribution in [2.45, 2.75) is 18.8 Å².